The van der Waals surface area contributed by atoms with Gasteiger partial charge in [0.15, 0.2) is 0 Å². The molecule has 204 valence electrons. The molecule has 3 aromatic rings. The molecule has 1 fully saturated rings. The third-order valence-corrected chi connectivity index (χ3v) is 6.70. The topological polar surface area (TPSA) is 105 Å². The highest BCUT2D eigenvalue weighted by molar-refractivity contribution is 6.06. The molecular formula is C30H34N4O5. The summed E-state index contributed by atoms with van der Waals surface area (Å²) < 4.78 is 5.37. The van der Waals surface area contributed by atoms with Gasteiger partial charge in [-0.3, -0.25) is 24.6 Å². The summed E-state index contributed by atoms with van der Waals surface area (Å²) in [6.45, 7) is 7.23. The lowest BCUT2D eigenvalue weighted by Crippen LogP contribution is -2.38. The number of hydrogen-bond acceptors (Lipinski definition) is 6. The number of carbonyl (C=O) groups excluding carboxylic acids is 2. The number of nitrogens with zero attached hydrogens (tertiary/aromatic N) is 3. The number of nitro groups is 1. The van der Waals surface area contributed by atoms with Gasteiger partial charge in [0.05, 0.1) is 31.1 Å². The smallest absolute Gasteiger partial charge is 0.269 e. The number of benzene rings is 3. The Morgan fingerprint density at radius 3 is 2.41 bits per heavy atom. The van der Waals surface area contributed by atoms with Crippen molar-refractivity contribution in [1.82, 2.24) is 10.2 Å². The summed E-state index contributed by atoms with van der Waals surface area (Å²) in [6.07, 6.45) is 1.08. The minimum absolute atomic E-state index is 0.0686. The first-order valence-electron chi connectivity index (χ1n) is 13.2. The van der Waals surface area contributed by atoms with E-state index in [4.69, 9.17) is 4.74 Å². The number of non-ortho nitro benzene ring substituents is 1. The van der Waals surface area contributed by atoms with Gasteiger partial charge in [-0.05, 0) is 55.3 Å². The molecule has 2 amide bonds. The van der Waals surface area contributed by atoms with Gasteiger partial charge in [0.25, 0.3) is 11.6 Å². The van der Waals surface area contributed by atoms with E-state index in [1.165, 1.54) is 24.3 Å². The normalized spacial score (nSPS) is 13.6. The molecule has 3 aromatic carbocycles. The molecule has 1 saturated heterocycles. The molecule has 0 aliphatic carbocycles. The first kappa shape index (κ1) is 27.9. The van der Waals surface area contributed by atoms with Crippen LogP contribution in [0.1, 0.15) is 33.5 Å². The Labute approximate surface area is 228 Å². The number of ether oxygens (including phenoxy) is 1. The van der Waals surface area contributed by atoms with Gasteiger partial charge in [-0.25, -0.2) is 0 Å². The lowest BCUT2D eigenvalue weighted by Gasteiger charge is -2.26. The van der Waals surface area contributed by atoms with E-state index in [1.54, 1.807) is 4.90 Å². The fraction of sp³-hybridized carbons (Fsp3) is 0.333. The monoisotopic (exact) mass is 530 g/mol. The molecule has 1 aliphatic rings. The molecule has 4 rings (SSSR count). The Hall–Kier alpha value is -4.08. The minimum atomic E-state index is -0.491. The number of nitro benzene ring substituents is 1. The number of hydrogen-bond donors (Lipinski definition) is 1. The van der Waals surface area contributed by atoms with Crippen LogP contribution >= 0.6 is 0 Å². The van der Waals surface area contributed by atoms with Crippen LogP contribution < -0.4 is 10.2 Å². The molecule has 0 atom stereocenters. The number of rotatable bonds is 11. The van der Waals surface area contributed by atoms with E-state index in [0.29, 0.717) is 24.3 Å². The maximum absolute atomic E-state index is 13.6. The highest BCUT2D eigenvalue weighted by Crippen LogP contribution is 2.23. The zero-order valence-electron chi connectivity index (χ0n) is 22.2. The molecule has 1 heterocycles. The SMILES string of the molecule is Cc1ccc(CN(C(=O)c2ccc([N+](=O)[O-])cc2)c2cccc(CC(=O)NCCCN3CCOCC3)c2)cc1. The number of aryl methyl sites for hydroxylation is 1. The van der Waals surface area contributed by atoms with Gasteiger partial charge < -0.3 is 15.0 Å². The predicted molar refractivity (Wildman–Crippen MR) is 150 cm³/mol. The zero-order valence-corrected chi connectivity index (χ0v) is 22.2. The van der Waals surface area contributed by atoms with Crippen molar-refractivity contribution in [3.8, 4) is 0 Å². The van der Waals surface area contributed by atoms with Crippen LogP contribution in [0.3, 0.4) is 0 Å². The van der Waals surface area contributed by atoms with Crippen molar-refractivity contribution in [1.29, 1.82) is 0 Å². The van der Waals surface area contributed by atoms with Gasteiger partial charge >= 0.3 is 0 Å². The third-order valence-electron chi connectivity index (χ3n) is 6.70. The lowest BCUT2D eigenvalue weighted by atomic mass is 10.1. The Bertz CT molecular complexity index is 1270. The van der Waals surface area contributed by atoms with E-state index in [-0.39, 0.29) is 23.9 Å². The van der Waals surface area contributed by atoms with Gasteiger partial charge in [0.2, 0.25) is 5.91 Å². The van der Waals surface area contributed by atoms with Crippen molar-refractivity contribution in [2.75, 3.05) is 44.3 Å². The number of anilines is 1. The van der Waals surface area contributed by atoms with Gasteiger partial charge in [-0.15, -0.1) is 0 Å². The van der Waals surface area contributed by atoms with Crippen molar-refractivity contribution in [3.63, 3.8) is 0 Å². The summed E-state index contributed by atoms with van der Waals surface area (Å²) in [6, 6.07) is 20.9. The summed E-state index contributed by atoms with van der Waals surface area (Å²) in [5.74, 6) is -0.351. The number of nitrogens with one attached hydrogen (secondary N) is 1. The Morgan fingerprint density at radius 1 is 1.00 bits per heavy atom. The van der Waals surface area contributed by atoms with E-state index in [2.05, 4.69) is 10.2 Å². The maximum Gasteiger partial charge on any atom is 0.269 e. The molecule has 9 nitrogen and oxygen atoms in total. The summed E-state index contributed by atoms with van der Waals surface area (Å²) in [7, 11) is 0. The summed E-state index contributed by atoms with van der Waals surface area (Å²) in [5.41, 5.74) is 3.77. The molecule has 0 aromatic heterocycles. The first-order chi connectivity index (χ1) is 18.9. The molecule has 0 spiro atoms. The highest BCUT2D eigenvalue weighted by atomic mass is 16.6. The van der Waals surface area contributed by atoms with Gasteiger partial charge in [0, 0.05) is 43.0 Å². The number of morpholine rings is 1. The fourth-order valence-electron chi connectivity index (χ4n) is 4.48. The van der Waals surface area contributed by atoms with Gasteiger partial charge in [-0.2, -0.15) is 0 Å². The minimum Gasteiger partial charge on any atom is -0.379 e. The molecule has 1 N–H and O–H groups in total. The summed E-state index contributed by atoms with van der Waals surface area (Å²) >= 11 is 0. The van der Waals surface area contributed by atoms with Crippen LogP contribution in [0.15, 0.2) is 72.8 Å². The van der Waals surface area contributed by atoms with E-state index < -0.39 is 4.92 Å². The van der Waals surface area contributed by atoms with Gasteiger partial charge in [0.1, 0.15) is 0 Å². The van der Waals surface area contributed by atoms with Crippen LogP contribution in [-0.2, 0) is 22.5 Å². The van der Waals surface area contributed by atoms with Gasteiger partial charge in [-0.1, -0.05) is 42.0 Å². The van der Waals surface area contributed by atoms with Crippen molar-refractivity contribution in [2.45, 2.75) is 26.3 Å². The molecule has 0 saturated carbocycles. The molecular weight excluding hydrogens is 496 g/mol. The first-order valence-corrected chi connectivity index (χ1v) is 13.2. The largest absolute Gasteiger partial charge is 0.379 e. The maximum atomic E-state index is 13.6. The standard InChI is InChI=1S/C30H34N4O5/c1-23-6-8-24(9-7-23)22-33(30(36)26-10-12-27(13-11-26)34(37)38)28-5-2-4-25(20-28)21-29(35)31-14-3-15-32-16-18-39-19-17-32/h2,4-13,20H,3,14-19,21-22H2,1H3,(H,31,35). The average molecular weight is 531 g/mol. The van der Waals surface area contributed by atoms with Crippen molar-refractivity contribution in [3.05, 3.63) is 105 Å². The Morgan fingerprint density at radius 2 is 1.72 bits per heavy atom. The number of amides is 2. The van der Waals surface area contributed by atoms with Crippen molar-refractivity contribution < 1.29 is 19.2 Å². The molecule has 0 unspecified atom stereocenters. The van der Waals surface area contributed by atoms with Crippen LogP contribution in [0.4, 0.5) is 11.4 Å². The third kappa shape index (κ3) is 8.20. The van der Waals surface area contributed by atoms with E-state index >= 15 is 0 Å². The Balaban J connectivity index is 1.45. The van der Waals surface area contributed by atoms with Crippen LogP contribution in [0.5, 0.6) is 0 Å². The second kappa shape index (κ2) is 13.6. The van der Waals surface area contributed by atoms with Crippen LogP contribution in [0.25, 0.3) is 0 Å². The molecule has 39 heavy (non-hydrogen) atoms. The van der Waals surface area contributed by atoms with E-state index in [1.807, 2.05) is 55.5 Å². The second-order valence-electron chi connectivity index (χ2n) is 9.69. The van der Waals surface area contributed by atoms with Crippen molar-refractivity contribution in [2.24, 2.45) is 0 Å². The highest BCUT2D eigenvalue weighted by Gasteiger charge is 2.20. The van der Waals surface area contributed by atoms with E-state index in [0.717, 1.165) is 56.0 Å². The molecule has 1 aliphatic heterocycles. The molecule has 9 heteroatoms. The van der Waals surface area contributed by atoms with Crippen LogP contribution in [0.2, 0.25) is 0 Å². The summed E-state index contributed by atoms with van der Waals surface area (Å²) in [5, 5.41) is 14.1. The lowest BCUT2D eigenvalue weighted by molar-refractivity contribution is -0.384. The average Bonchev–Trinajstić information content (AvgIpc) is 2.95. The second-order valence-corrected chi connectivity index (χ2v) is 9.69. The van der Waals surface area contributed by atoms with Crippen LogP contribution in [0, 0.1) is 17.0 Å². The van der Waals surface area contributed by atoms with Crippen molar-refractivity contribution >= 4 is 23.2 Å². The van der Waals surface area contributed by atoms with Crippen LogP contribution in [-0.4, -0.2) is 61.0 Å². The fourth-order valence-corrected chi connectivity index (χ4v) is 4.48. The summed E-state index contributed by atoms with van der Waals surface area (Å²) in [4.78, 5) is 40.8. The zero-order chi connectivity index (χ0) is 27.6. The predicted octanol–water partition coefficient (Wildman–Crippen LogP) is 4.13. The molecule has 0 radical (unpaired) electrons. The number of carbonyl (C=O) groups is 2. The quantitative estimate of drug-likeness (QED) is 0.227. The van der Waals surface area contributed by atoms with E-state index in [9.17, 15) is 19.7 Å². The molecule has 0 bridgehead atoms. The Kier molecular flexibility index (Phi) is 9.77.